The van der Waals surface area contributed by atoms with Crippen LogP contribution >= 0.6 is 0 Å². The van der Waals surface area contributed by atoms with Gasteiger partial charge in [-0.15, -0.1) is 0 Å². The molecule has 5 rings (SSSR count). The predicted octanol–water partition coefficient (Wildman–Crippen LogP) is 4.02. The first-order chi connectivity index (χ1) is 18.6. The molecule has 1 aliphatic rings. The molecule has 1 fully saturated rings. The van der Waals surface area contributed by atoms with Crippen molar-refractivity contribution in [1.29, 1.82) is 0 Å². The number of benzene rings is 4. The first kappa shape index (κ1) is 26.3. The van der Waals surface area contributed by atoms with Crippen molar-refractivity contribution in [2.24, 2.45) is 0 Å². The van der Waals surface area contributed by atoms with Gasteiger partial charge < -0.3 is 29.5 Å². The lowest BCUT2D eigenvalue weighted by atomic mass is 9.80. The van der Waals surface area contributed by atoms with E-state index in [0.29, 0.717) is 0 Å². The molecule has 4 aromatic rings. The molecule has 0 radical (unpaired) electrons. The number of hydrogen-bond acceptors (Lipinski definition) is 6. The summed E-state index contributed by atoms with van der Waals surface area (Å²) in [5.41, 5.74) is 2.58. The number of rotatable bonds is 9. The van der Waals surface area contributed by atoms with Crippen LogP contribution in [0, 0.1) is 0 Å². The molecule has 6 heteroatoms. The number of ether oxygens (including phenoxy) is 3. The Kier molecular flexibility index (Phi) is 8.29. The van der Waals surface area contributed by atoms with Gasteiger partial charge in [-0.1, -0.05) is 121 Å². The van der Waals surface area contributed by atoms with E-state index in [1.54, 1.807) is 0 Å². The fourth-order valence-corrected chi connectivity index (χ4v) is 4.99. The Labute approximate surface area is 222 Å². The van der Waals surface area contributed by atoms with Crippen molar-refractivity contribution < 1.29 is 29.5 Å². The summed E-state index contributed by atoms with van der Waals surface area (Å²) in [4.78, 5) is 0. The van der Waals surface area contributed by atoms with E-state index in [0.717, 1.165) is 22.3 Å². The second-order valence-corrected chi connectivity index (χ2v) is 9.40. The molecule has 0 spiro atoms. The molecule has 1 aliphatic heterocycles. The Morgan fingerprint density at radius 1 is 0.605 bits per heavy atom. The molecule has 0 amide bonds. The largest absolute Gasteiger partial charge is 0.387 e. The average molecular weight is 513 g/mol. The molecule has 4 aromatic carbocycles. The molecule has 5 atom stereocenters. The summed E-state index contributed by atoms with van der Waals surface area (Å²) in [5.74, 6) is 0. The van der Waals surface area contributed by atoms with Gasteiger partial charge in [0.05, 0.1) is 13.2 Å². The lowest BCUT2D eigenvalue weighted by Crippen LogP contribution is -2.60. The molecule has 6 nitrogen and oxygen atoms in total. The molecule has 1 saturated heterocycles. The van der Waals surface area contributed by atoms with Gasteiger partial charge in [0, 0.05) is 0 Å². The van der Waals surface area contributed by atoms with E-state index >= 15 is 0 Å². The van der Waals surface area contributed by atoms with E-state index in [1.807, 2.05) is 121 Å². The highest BCUT2D eigenvalue weighted by molar-refractivity contribution is 5.47. The van der Waals surface area contributed by atoms with Gasteiger partial charge in [-0.25, -0.2) is 0 Å². The van der Waals surface area contributed by atoms with Crippen LogP contribution in [-0.4, -0.2) is 52.6 Å². The fraction of sp³-hybridized carbons (Fsp3) is 0.250. The average Bonchev–Trinajstić information content (AvgIpc) is 2.98. The maximum atomic E-state index is 11.2. The second kappa shape index (κ2) is 12.0. The zero-order chi connectivity index (χ0) is 26.4. The van der Waals surface area contributed by atoms with E-state index in [2.05, 4.69) is 0 Å². The summed E-state index contributed by atoms with van der Waals surface area (Å²) in [7, 11) is 0. The summed E-state index contributed by atoms with van der Waals surface area (Å²) in [5, 5.41) is 32.3. The molecule has 196 valence electrons. The summed E-state index contributed by atoms with van der Waals surface area (Å²) in [6, 6.07) is 39.1. The normalized spacial score (nSPS) is 23.7. The van der Waals surface area contributed by atoms with Gasteiger partial charge in [0.25, 0.3) is 0 Å². The third kappa shape index (κ3) is 5.42. The molecule has 1 heterocycles. The minimum atomic E-state index is -1.53. The van der Waals surface area contributed by atoms with Crippen molar-refractivity contribution in [3.63, 3.8) is 0 Å². The van der Waals surface area contributed by atoms with Gasteiger partial charge in [0.15, 0.2) is 6.29 Å². The van der Waals surface area contributed by atoms with Gasteiger partial charge in [-0.2, -0.15) is 0 Å². The van der Waals surface area contributed by atoms with Crippen LogP contribution in [-0.2, 0) is 26.4 Å². The van der Waals surface area contributed by atoms with Crippen LogP contribution in [0.15, 0.2) is 121 Å². The molecule has 0 bridgehead atoms. The van der Waals surface area contributed by atoms with Gasteiger partial charge >= 0.3 is 0 Å². The SMILES string of the molecule is O[C@@H]1[C@@H](OCc2ccccc2)[C@H](O)[C@@H](COC(c2ccccc2)(c2ccccc2)c2ccccc2)O[C@@H]1O. The zero-order valence-corrected chi connectivity index (χ0v) is 20.9. The number of aliphatic hydroxyl groups is 3. The zero-order valence-electron chi connectivity index (χ0n) is 20.9. The van der Waals surface area contributed by atoms with Crippen LogP contribution in [0.4, 0.5) is 0 Å². The number of hydrogen-bond donors (Lipinski definition) is 3. The van der Waals surface area contributed by atoms with Crippen molar-refractivity contribution in [2.45, 2.75) is 42.9 Å². The van der Waals surface area contributed by atoms with Crippen molar-refractivity contribution >= 4 is 0 Å². The Morgan fingerprint density at radius 2 is 1.05 bits per heavy atom. The smallest absolute Gasteiger partial charge is 0.184 e. The van der Waals surface area contributed by atoms with Crippen molar-refractivity contribution in [3.05, 3.63) is 144 Å². The molecule has 0 saturated carbocycles. The Balaban J connectivity index is 1.45. The summed E-state index contributed by atoms with van der Waals surface area (Å²) in [6.45, 7) is 0.0940. The summed E-state index contributed by atoms with van der Waals surface area (Å²) in [6.07, 6.45) is -6.20. The van der Waals surface area contributed by atoms with E-state index in [1.165, 1.54) is 0 Å². The Morgan fingerprint density at radius 3 is 1.53 bits per heavy atom. The van der Waals surface area contributed by atoms with Crippen molar-refractivity contribution in [1.82, 2.24) is 0 Å². The standard InChI is InChI=1S/C32H32O6/c33-28-27(38-31(35)29(34)30(28)36-21-23-13-5-1-6-14-23)22-37-32(24-15-7-2-8-16-24,25-17-9-3-10-18-25)26-19-11-4-12-20-26/h1-20,27-31,33-35H,21-22H2/t27-,28-,29-,30+,31+/m1/s1. The molecule has 0 aromatic heterocycles. The lowest BCUT2D eigenvalue weighted by molar-refractivity contribution is -0.300. The van der Waals surface area contributed by atoms with Crippen LogP contribution in [0.25, 0.3) is 0 Å². The molecule has 3 N–H and O–H groups in total. The third-order valence-electron chi connectivity index (χ3n) is 6.95. The van der Waals surface area contributed by atoms with Gasteiger partial charge in [-0.3, -0.25) is 0 Å². The highest BCUT2D eigenvalue weighted by Gasteiger charge is 2.46. The first-order valence-corrected chi connectivity index (χ1v) is 12.8. The van der Waals surface area contributed by atoms with Gasteiger partial charge in [0.2, 0.25) is 0 Å². The maximum Gasteiger partial charge on any atom is 0.184 e. The monoisotopic (exact) mass is 512 g/mol. The molecular formula is C32H32O6. The minimum Gasteiger partial charge on any atom is -0.387 e. The van der Waals surface area contributed by atoms with Crippen LogP contribution in [0.3, 0.4) is 0 Å². The van der Waals surface area contributed by atoms with Crippen LogP contribution in [0.1, 0.15) is 22.3 Å². The van der Waals surface area contributed by atoms with Crippen LogP contribution in [0.2, 0.25) is 0 Å². The first-order valence-electron chi connectivity index (χ1n) is 12.8. The van der Waals surface area contributed by atoms with E-state index in [4.69, 9.17) is 14.2 Å². The number of aliphatic hydroxyl groups excluding tert-OH is 3. The molecule has 0 aliphatic carbocycles. The molecular weight excluding hydrogens is 480 g/mol. The van der Waals surface area contributed by atoms with E-state index in [-0.39, 0.29) is 13.2 Å². The van der Waals surface area contributed by atoms with E-state index in [9.17, 15) is 15.3 Å². The third-order valence-corrected chi connectivity index (χ3v) is 6.95. The summed E-state index contributed by atoms with van der Waals surface area (Å²) < 4.78 is 18.3. The predicted molar refractivity (Wildman–Crippen MR) is 143 cm³/mol. The molecule has 0 unspecified atom stereocenters. The van der Waals surface area contributed by atoms with Gasteiger partial charge in [-0.05, 0) is 22.3 Å². The Bertz CT molecular complexity index is 1160. The Hall–Kier alpha value is -3.36. The quantitative estimate of drug-likeness (QED) is 0.294. The minimum absolute atomic E-state index is 0.0746. The fourth-order valence-electron chi connectivity index (χ4n) is 4.99. The highest BCUT2D eigenvalue weighted by atomic mass is 16.7. The van der Waals surface area contributed by atoms with E-state index < -0.39 is 36.3 Å². The topological polar surface area (TPSA) is 88.4 Å². The van der Waals surface area contributed by atoms with Crippen molar-refractivity contribution in [3.8, 4) is 0 Å². The maximum absolute atomic E-state index is 11.2. The van der Waals surface area contributed by atoms with Crippen molar-refractivity contribution in [2.75, 3.05) is 6.61 Å². The van der Waals surface area contributed by atoms with Gasteiger partial charge in [0.1, 0.15) is 30.0 Å². The lowest BCUT2D eigenvalue weighted by Gasteiger charge is -2.42. The van der Waals surface area contributed by atoms with Crippen LogP contribution < -0.4 is 0 Å². The summed E-state index contributed by atoms with van der Waals surface area (Å²) >= 11 is 0. The molecule has 38 heavy (non-hydrogen) atoms. The second-order valence-electron chi connectivity index (χ2n) is 9.40. The van der Waals surface area contributed by atoms with Crippen LogP contribution in [0.5, 0.6) is 0 Å². The highest BCUT2D eigenvalue weighted by Crippen LogP contribution is 2.41.